The molecule has 88 valence electrons. The van der Waals surface area contributed by atoms with Crippen molar-refractivity contribution in [2.45, 2.75) is 30.2 Å². The zero-order chi connectivity index (χ0) is 12.0. The molecule has 0 saturated carbocycles. The fourth-order valence-electron chi connectivity index (χ4n) is 1.15. The van der Waals surface area contributed by atoms with E-state index in [1.165, 1.54) is 24.0 Å². The zero-order valence-corrected chi connectivity index (χ0v) is 9.71. The molecule has 0 radical (unpaired) electrons. The molecule has 0 aliphatic carbocycles. The summed E-state index contributed by atoms with van der Waals surface area (Å²) in [7, 11) is 0. The molecule has 1 aromatic heterocycles. The van der Waals surface area contributed by atoms with E-state index in [1.54, 1.807) is 0 Å². The maximum Gasteiger partial charge on any atom is 0.251 e. The van der Waals surface area contributed by atoms with Crippen LogP contribution in [0.1, 0.15) is 19.8 Å². The Kier molecular flexibility index (Phi) is 5.00. The molecule has 0 aliphatic rings. The van der Waals surface area contributed by atoms with Gasteiger partial charge in [0.1, 0.15) is 0 Å². The molecule has 1 amide bonds. The van der Waals surface area contributed by atoms with Crippen molar-refractivity contribution in [3.8, 4) is 0 Å². The first-order chi connectivity index (χ1) is 7.67. The van der Waals surface area contributed by atoms with Crippen molar-refractivity contribution < 1.29 is 4.79 Å². The van der Waals surface area contributed by atoms with Gasteiger partial charge in [-0.1, -0.05) is 25.1 Å². The van der Waals surface area contributed by atoms with E-state index in [0.29, 0.717) is 11.6 Å². The highest BCUT2D eigenvalue weighted by molar-refractivity contribution is 8.00. The second-order valence-electron chi connectivity index (χ2n) is 3.14. The minimum Gasteiger partial charge on any atom is -0.301 e. The molecule has 6 nitrogen and oxygen atoms in total. The minimum atomic E-state index is -0.333. The number of hydrogen-bond donors (Lipinski definition) is 3. The van der Waals surface area contributed by atoms with E-state index in [2.05, 4.69) is 15.4 Å². The van der Waals surface area contributed by atoms with Gasteiger partial charge in [0.25, 0.3) is 5.56 Å². The van der Waals surface area contributed by atoms with Crippen LogP contribution in [0.4, 0.5) is 0 Å². The fourth-order valence-corrected chi connectivity index (χ4v) is 2.22. The van der Waals surface area contributed by atoms with Crippen LogP contribution in [0.5, 0.6) is 0 Å². The smallest absolute Gasteiger partial charge is 0.251 e. The van der Waals surface area contributed by atoms with Gasteiger partial charge in [0.05, 0.1) is 5.25 Å². The van der Waals surface area contributed by atoms with Crippen LogP contribution in [0.2, 0.25) is 0 Å². The summed E-state index contributed by atoms with van der Waals surface area (Å²) < 4.78 is 0. The second-order valence-corrected chi connectivity index (χ2v) is 4.33. The molecular weight excluding hydrogens is 228 g/mol. The summed E-state index contributed by atoms with van der Waals surface area (Å²) in [4.78, 5) is 29.0. The lowest BCUT2D eigenvalue weighted by molar-refractivity contribution is -0.120. The monoisotopic (exact) mass is 242 g/mol. The van der Waals surface area contributed by atoms with Gasteiger partial charge in [0.15, 0.2) is 5.16 Å². The molecule has 0 bridgehead atoms. The van der Waals surface area contributed by atoms with Crippen LogP contribution in [0.25, 0.3) is 0 Å². The van der Waals surface area contributed by atoms with Crippen molar-refractivity contribution >= 4 is 17.7 Å². The van der Waals surface area contributed by atoms with Gasteiger partial charge in [0, 0.05) is 12.3 Å². The van der Waals surface area contributed by atoms with Crippen LogP contribution < -0.4 is 16.8 Å². The standard InChI is InChI=1S/C9H14N4O2S/c1-2-3-6(8(15)13-10)16-9-11-5-4-7(14)12-9/h4-6H,2-3,10H2,1H3,(H,13,15)(H,11,12,14). The number of nitrogens with two attached hydrogens (primary N) is 1. The van der Waals surface area contributed by atoms with Gasteiger partial charge in [-0.25, -0.2) is 10.8 Å². The number of H-pyrrole nitrogens is 1. The third kappa shape index (κ3) is 3.67. The molecule has 0 aliphatic heterocycles. The molecule has 1 heterocycles. The maximum absolute atomic E-state index is 11.4. The van der Waals surface area contributed by atoms with Crippen LogP contribution >= 0.6 is 11.8 Å². The Morgan fingerprint density at radius 2 is 2.50 bits per heavy atom. The Labute approximate surface area is 97.0 Å². The number of amides is 1. The normalized spacial score (nSPS) is 12.1. The summed E-state index contributed by atoms with van der Waals surface area (Å²) in [5.41, 5.74) is 1.87. The van der Waals surface area contributed by atoms with E-state index in [1.807, 2.05) is 6.92 Å². The number of aromatic amines is 1. The minimum absolute atomic E-state index is 0.235. The third-order valence-corrected chi connectivity index (χ3v) is 3.05. The molecule has 0 spiro atoms. The average Bonchev–Trinajstić information content (AvgIpc) is 2.27. The fraction of sp³-hybridized carbons (Fsp3) is 0.444. The molecule has 0 aromatic carbocycles. The Balaban J connectivity index is 2.75. The number of hydrogen-bond acceptors (Lipinski definition) is 5. The van der Waals surface area contributed by atoms with Crippen LogP contribution in [-0.2, 0) is 4.79 Å². The molecule has 16 heavy (non-hydrogen) atoms. The van der Waals surface area contributed by atoms with E-state index in [0.717, 1.165) is 6.42 Å². The largest absolute Gasteiger partial charge is 0.301 e. The predicted molar refractivity (Wildman–Crippen MR) is 61.7 cm³/mol. The van der Waals surface area contributed by atoms with Crippen molar-refractivity contribution in [3.05, 3.63) is 22.6 Å². The highest BCUT2D eigenvalue weighted by Crippen LogP contribution is 2.21. The third-order valence-electron chi connectivity index (χ3n) is 1.89. The van der Waals surface area contributed by atoms with Gasteiger partial charge in [-0.3, -0.25) is 15.0 Å². The van der Waals surface area contributed by atoms with Gasteiger partial charge in [-0.05, 0) is 6.42 Å². The summed E-state index contributed by atoms with van der Waals surface area (Å²) in [5, 5.41) is 0.0927. The van der Waals surface area contributed by atoms with E-state index >= 15 is 0 Å². The van der Waals surface area contributed by atoms with E-state index < -0.39 is 0 Å². The SMILES string of the molecule is CCCC(Sc1nccc(=O)[nH]1)C(=O)NN. The highest BCUT2D eigenvalue weighted by Gasteiger charge is 2.18. The van der Waals surface area contributed by atoms with Gasteiger partial charge in [-0.2, -0.15) is 0 Å². The van der Waals surface area contributed by atoms with Crippen LogP contribution in [0, 0.1) is 0 Å². The molecule has 1 unspecified atom stereocenters. The highest BCUT2D eigenvalue weighted by atomic mass is 32.2. The van der Waals surface area contributed by atoms with Gasteiger partial charge in [-0.15, -0.1) is 0 Å². The number of thioether (sulfide) groups is 1. The molecule has 1 aromatic rings. The predicted octanol–water partition coefficient (Wildman–Crippen LogP) is 0.0206. The lowest BCUT2D eigenvalue weighted by atomic mass is 10.2. The molecule has 1 atom stereocenters. The van der Waals surface area contributed by atoms with Crippen LogP contribution in [0.15, 0.2) is 22.2 Å². The maximum atomic E-state index is 11.4. The average molecular weight is 242 g/mol. The Hall–Kier alpha value is -1.34. The molecule has 1 rings (SSSR count). The number of hydrazine groups is 1. The summed E-state index contributed by atoms with van der Waals surface area (Å²) >= 11 is 1.20. The van der Waals surface area contributed by atoms with E-state index in [4.69, 9.17) is 5.84 Å². The lowest BCUT2D eigenvalue weighted by Crippen LogP contribution is -2.37. The number of nitrogens with zero attached hydrogens (tertiary/aromatic N) is 1. The van der Waals surface area contributed by atoms with E-state index in [-0.39, 0.29) is 16.7 Å². The summed E-state index contributed by atoms with van der Waals surface area (Å²) in [5.74, 6) is 4.82. The zero-order valence-electron chi connectivity index (χ0n) is 8.90. The quantitative estimate of drug-likeness (QED) is 0.222. The van der Waals surface area contributed by atoms with Gasteiger partial charge >= 0.3 is 0 Å². The molecule has 0 saturated heterocycles. The summed E-state index contributed by atoms with van der Waals surface area (Å²) in [6.45, 7) is 1.97. The van der Waals surface area contributed by atoms with Crippen molar-refractivity contribution in [2.75, 3.05) is 0 Å². The van der Waals surface area contributed by atoms with Crippen molar-refractivity contribution in [2.24, 2.45) is 5.84 Å². The van der Waals surface area contributed by atoms with Crippen molar-refractivity contribution in [1.29, 1.82) is 0 Å². The second kappa shape index (κ2) is 6.29. The van der Waals surface area contributed by atoms with E-state index in [9.17, 15) is 9.59 Å². The van der Waals surface area contributed by atoms with Crippen LogP contribution in [0.3, 0.4) is 0 Å². The lowest BCUT2D eigenvalue weighted by Gasteiger charge is -2.12. The number of carbonyl (C=O) groups is 1. The summed E-state index contributed by atoms with van der Waals surface area (Å²) in [6, 6.07) is 1.32. The molecular formula is C9H14N4O2S. The van der Waals surface area contributed by atoms with Crippen molar-refractivity contribution in [3.63, 3.8) is 0 Å². The van der Waals surface area contributed by atoms with Gasteiger partial charge < -0.3 is 4.98 Å². The Morgan fingerprint density at radius 3 is 3.06 bits per heavy atom. The number of carbonyl (C=O) groups excluding carboxylic acids is 1. The molecule has 7 heteroatoms. The van der Waals surface area contributed by atoms with Gasteiger partial charge in [0.2, 0.25) is 5.91 Å². The topological polar surface area (TPSA) is 101 Å². The first kappa shape index (κ1) is 12.7. The first-order valence-electron chi connectivity index (χ1n) is 4.89. The Morgan fingerprint density at radius 1 is 1.75 bits per heavy atom. The number of nitrogens with one attached hydrogen (secondary N) is 2. The Bertz CT molecular complexity index is 406. The molecule has 4 N–H and O–H groups in total. The first-order valence-corrected chi connectivity index (χ1v) is 5.77. The molecule has 0 fully saturated rings. The van der Waals surface area contributed by atoms with Crippen LogP contribution in [-0.4, -0.2) is 21.1 Å². The summed E-state index contributed by atoms with van der Waals surface area (Å²) in [6.07, 6.45) is 2.93. The van der Waals surface area contributed by atoms with Crippen molar-refractivity contribution in [1.82, 2.24) is 15.4 Å². The number of aromatic nitrogens is 2. The number of rotatable bonds is 5.